The van der Waals surface area contributed by atoms with Crippen molar-refractivity contribution in [2.24, 2.45) is 11.3 Å². The molecular weight excluding hydrogens is 380 g/mol. The minimum absolute atomic E-state index is 0.0110. The zero-order valence-electron chi connectivity index (χ0n) is 18.4. The van der Waals surface area contributed by atoms with Gasteiger partial charge in [0.1, 0.15) is 0 Å². The predicted octanol–water partition coefficient (Wildman–Crippen LogP) is 5.20. The van der Waals surface area contributed by atoms with Gasteiger partial charge in [0, 0.05) is 23.4 Å². The Hall–Kier alpha value is -2.14. The van der Waals surface area contributed by atoms with Crippen molar-refractivity contribution in [1.82, 2.24) is 9.80 Å². The Bertz CT molecular complexity index is 766. The van der Waals surface area contributed by atoms with E-state index < -0.39 is 5.41 Å². The van der Waals surface area contributed by atoms with Gasteiger partial charge in [0.05, 0.1) is 13.1 Å². The number of amides is 2. The van der Waals surface area contributed by atoms with Crippen LogP contribution in [-0.2, 0) is 22.7 Å². The summed E-state index contributed by atoms with van der Waals surface area (Å²) in [6.07, 6.45) is 0.977. The van der Waals surface area contributed by atoms with E-state index in [2.05, 4.69) is 13.8 Å². The van der Waals surface area contributed by atoms with Crippen molar-refractivity contribution in [3.05, 3.63) is 58.3 Å². The second kappa shape index (κ2) is 10.6. The van der Waals surface area contributed by atoms with E-state index in [-0.39, 0.29) is 18.4 Å². The van der Waals surface area contributed by atoms with E-state index >= 15 is 0 Å². The van der Waals surface area contributed by atoms with E-state index in [1.807, 2.05) is 73.5 Å². The average molecular weight is 415 g/mol. The number of thiophene rings is 1. The molecule has 5 heteroatoms. The van der Waals surface area contributed by atoms with Gasteiger partial charge in [-0.2, -0.15) is 0 Å². The maximum atomic E-state index is 13.3. The molecule has 0 aliphatic carbocycles. The Morgan fingerprint density at radius 3 is 2.24 bits per heavy atom. The summed E-state index contributed by atoms with van der Waals surface area (Å²) in [5.74, 6) is 0.374. The molecule has 0 N–H and O–H groups in total. The largest absolute Gasteiger partial charge is 0.333 e. The van der Waals surface area contributed by atoms with Crippen LogP contribution in [0.3, 0.4) is 0 Å². The normalized spacial score (nSPS) is 12.4. The Balaban J connectivity index is 2.20. The highest BCUT2D eigenvalue weighted by Crippen LogP contribution is 2.20. The summed E-state index contributed by atoms with van der Waals surface area (Å²) in [6, 6.07) is 14.1. The fourth-order valence-electron chi connectivity index (χ4n) is 3.09. The van der Waals surface area contributed by atoms with Crippen LogP contribution in [0.2, 0.25) is 0 Å². The molecule has 2 rings (SSSR count). The summed E-state index contributed by atoms with van der Waals surface area (Å²) in [5, 5.41) is 2.03. The third-order valence-corrected chi connectivity index (χ3v) is 5.84. The smallest absolute Gasteiger partial charge is 0.242 e. The summed E-state index contributed by atoms with van der Waals surface area (Å²) >= 11 is 1.65. The van der Waals surface area contributed by atoms with E-state index in [0.717, 1.165) is 16.9 Å². The molecule has 0 aliphatic rings. The van der Waals surface area contributed by atoms with E-state index in [1.54, 1.807) is 16.2 Å². The molecule has 0 fully saturated rings. The summed E-state index contributed by atoms with van der Waals surface area (Å²) in [5.41, 5.74) is 0.583. The maximum Gasteiger partial charge on any atom is 0.242 e. The number of rotatable bonds is 9. The molecule has 158 valence electrons. The Morgan fingerprint density at radius 1 is 1.00 bits per heavy atom. The standard InChI is InChI=1S/C24H34N2O2S/c1-6-19(2)15-26(23(28)24(3,4)5)18-22(27)25(17-21-13-10-14-29-21)16-20-11-8-7-9-12-20/h7-14,19H,6,15-18H2,1-5H3/t19-/m0/s1. The van der Waals surface area contributed by atoms with Crippen LogP contribution in [0.4, 0.5) is 0 Å². The van der Waals surface area contributed by atoms with Gasteiger partial charge in [-0.05, 0) is 22.9 Å². The lowest BCUT2D eigenvalue weighted by atomic mass is 9.94. The highest BCUT2D eigenvalue weighted by Gasteiger charge is 2.30. The van der Waals surface area contributed by atoms with Gasteiger partial charge in [0.15, 0.2) is 0 Å². The van der Waals surface area contributed by atoms with Crippen molar-refractivity contribution in [2.75, 3.05) is 13.1 Å². The Labute approximate surface area is 179 Å². The van der Waals surface area contributed by atoms with Gasteiger partial charge in [-0.3, -0.25) is 9.59 Å². The monoisotopic (exact) mass is 414 g/mol. The highest BCUT2D eigenvalue weighted by atomic mass is 32.1. The third kappa shape index (κ3) is 7.32. The van der Waals surface area contributed by atoms with Gasteiger partial charge in [0.25, 0.3) is 0 Å². The number of hydrogen-bond donors (Lipinski definition) is 0. The molecule has 0 spiro atoms. The Morgan fingerprint density at radius 2 is 1.69 bits per heavy atom. The van der Waals surface area contributed by atoms with Crippen LogP contribution >= 0.6 is 11.3 Å². The molecule has 2 amide bonds. The van der Waals surface area contributed by atoms with E-state index in [9.17, 15) is 9.59 Å². The van der Waals surface area contributed by atoms with Gasteiger partial charge >= 0.3 is 0 Å². The van der Waals surface area contributed by atoms with Crippen molar-refractivity contribution < 1.29 is 9.59 Å². The first-order chi connectivity index (χ1) is 13.7. The first-order valence-electron chi connectivity index (χ1n) is 10.3. The molecule has 0 bridgehead atoms. The van der Waals surface area contributed by atoms with Gasteiger partial charge in [-0.1, -0.05) is 77.4 Å². The van der Waals surface area contributed by atoms with Crippen LogP contribution < -0.4 is 0 Å². The fourth-order valence-corrected chi connectivity index (χ4v) is 3.81. The molecule has 0 saturated heterocycles. The number of carbonyl (C=O) groups excluding carboxylic acids is 2. The molecule has 1 aromatic heterocycles. The second-order valence-corrected chi connectivity index (χ2v) is 9.80. The lowest BCUT2D eigenvalue weighted by Gasteiger charge is -2.33. The predicted molar refractivity (Wildman–Crippen MR) is 121 cm³/mol. The zero-order chi connectivity index (χ0) is 21.4. The minimum atomic E-state index is -0.508. The zero-order valence-corrected chi connectivity index (χ0v) is 19.2. The number of hydrogen-bond acceptors (Lipinski definition) is 3. The third-order valence-electron chi connectivity index (χ3n) is 4.98. The SMILES string of the molecule is CC[C@H](C)CN(CC(=O)N(Cc1ccccc1)Cc1cccs1)C(=O)C(C)(C)C. The lowest BCUT2D eigenvalue weighted by Crippen LogP contribution is -2.47. The summed E-state index contributed by atoms with van der Waals surface area (Å²) < 4.78 is 0. The van der Waals surface area contributed by atoms with Gasteiger partial charge < -0.3 is 9.80 Å². The summed E-state index contributed by atoms with van der Waals surface area (Å²) in [4.78, 5) is 31.1. The number of carbonyl (C=O) groups is 2. The molecule has 0 aliphatic heterocycles. The van der Waals surface area contributed by atoms with Crippen molar-refractivity contribution in [2.45, 2.75) is 54.1 Å². The van der Waals surface area contributed by atoms with Crippen molar-refractivity contribution in [1.29, 1.82) is 0 Å². The molecule has 0 saturated carbocycles. The molecule has 1 aromatic carbocycles. The number of nitrogens with zero attached hydrogens (tertiary/aromatic N) is 2. The first kappa shape index (κ1) is 23.1. The molecule has 1 atom stereocenters. The van der Waals surface area contributed by atoms with Gasteiger partial charge in [0.2, 0.25) is 11.8 Å². The van der Waals surface area contributed by atoms with Crippen molar-refractivity contribution in [3.63, 3.8) is 0 Å². The highest BCUT2D eigenvalue weighted by molar-refractivity contribution is 7.09. The maximum absolute atomic E-state index is 13.3. The van der Waals surface area contributed by atoms with Crippen molar-refractivity contribution in [3.8, 4) is 0 Å². The van der Waals surface area contributed by atoms with Crippen LogP contribution in [0.25, 0.3) is 0 Å². The molecule has 0 radical (unpaired) electrons. The molecule has 0 unspecified atom stereocenters. The molecule has 29 heavy (non-hydrogen) atoms. The van der Waals surface area contributed by atoms with Crippen LogP contribution in [0.1, 0.15) is 51.5 Å². The fraction of sp³-hybridized carbons (Fsp3) is 0.500. The second-order valence-electron chi connectivity index (χ2n) is 8.76. The average Bonchev–Trinajstić information content (AvgIpc) is 3.19. The molecule has 2 aromatic rings. The van der Waals surface area contributed by atoms with E-state index in [0.29, 0.717) is 25.6 Å². The number of benzene rings is 1. The molecule has 4 nitrogen and oxygen atoms in total. The first-order valence-corrected chi connectivity index (χ1v) is 11.2. The molecule has 1 heterocycles. The van der Waals surface area contributed by atoms with Crippen LogP contribution in [-0.4, -0.2) is 34.7 Å². The minimum Gasteiger partial charge on any atom is -0.333 e. The van der Waals surface area contributed by atoms with Crippen LogP contribution in [0.5, 0.6) is 0 Å². The molecular formula is C24H34N2O2S. The Kier molecular flexibility index (Phi) is 8.45. The summed E-state index contributed by atoms with van der Waals surface area (Å²) in [6.45, 7) is 11.8. The van der Waals surface area contributed by atoms with Crippen LogP contribution in [0.15, 0.2) is 47.8 Å². The van der Waals surface area contributed by atoms with Gasteiger partial charge in [-0.25, -0.2) is 0 Å². The van der Waals surface area contributed by atoms with Gasteiger partial charge in [-0.15, -0.1) is 11.3 Å². The topological polar surface area (TPSA) is 40.6 Å². The van der Waals surface area contributed by atoms with E-state index in [4.69, 9.17) is 0 Å². The lowest BCUT2D eigenvalue weighted by molar-refractivity contribution is -0.146. The van der Waals surface area contributed by atoms with Crippen molar-refractivity contribution >= 4 is 23.2 Å². The quantitative estimate of drug-likeness (QED) is 0.566. The van der Waals surface area contributed by atoms with Crippen LogP contribution in [0, 0.1) is 11.3 Å². The summed E-state index contributed by atoms with van der Waals surface area (Å²) in [7, 11) is 0. The van der Waals surface area contributed by atoms with E-state index in [1.165, 1.54) is 0 Å².